The normalized spacial score (nSPS) is 30.4. The summed E-state index contributed by atoms with van der Waals surface area (Å²) in [6.07, 6.45) is 2.97. The summed E-state index contributed by atoms with van der Waals surface area (Å²) < 4.78 is 7.03. The maximum Gasteiger partial charge on any atom is 0.235 e. The molecule has 1 aliphatic rings. The number of fused-ring (bicyclic) bond motifs is 1. The predicted octanol–water partition coefficient (Wildman–Crippen LogP) is -0.540. The maximum atomic E-state index is 11.4. The van der Waals surface area contributed by atoms with Crippen LogP contribution in [0.25, 0.3) is 11.2 Å². The number of nitrogens with two attached hydrogens (primary N) is 1. The Morgan fingerprint density at radius 2 is 2.43 bits per heavy atom. The summed E-state index contributed by atoms with van der Waals surface area (Å²) in [5.41, 5.74) is 4.32. The fourth-order valence-electron chi connectivity index (χ4n) is 2.61. The summed E-state index contributed by atoms with van der Waals surface area (Å²) in [5, 5.41) is 22.4. The zero-order valence-corrected chi connectivity index (χ0v) is 12.4. The summed E-state index contributed by atoms with van der Waals surface area (Å²) in [7, 11) is 0. The van der Waals surface area contributed by atoms with Gasteiger partial charge in [0.1, 0.15) is 23.4 Å². The van der Waals surface area contributed by atoms with Crippen molar-refractivity contribution in [3.05, 3.63) is 15.9 Å². The number of rotatable bonds is 3. The minimum Gasteiger partial charge on any atom is -0.394 e. The van der Waals surface area contributed by atoms with Crippen LogP contribution in [0.1, 0.15) is 6.23 Å². The highest BCUT2D eigenvalue weighted by molar-refractivity contribution is 7.71. The van der Waals surface area contributed by atoms with Crippen LogP contribution in [0.2, 0.25) is 0 Å². The summed E-state index contributed by atoms with van der Waals surface area (Å²) in [6.45, 7) is -0.539. The predicted molar refractivity (Wildman–Crippen MR) is 81.5 cm³/mol. The van der Waals surface area contributed by atoms with Crippen molar-refractivity contribution in [3.63, 3.8) is 0 Å². The first kappa shape index (κ1) is 15.5. The number of ether oxygens (including phenoxy) is 1. The highest BCUT2D eigenvalue weighted by atomic mass is 32.1. The van der Waals surface area contributed by atoms with E-state index in [0.29, 0.717) is 11.2 Å². The number of nitrogen functional groups attached to an aromatic ring is 1. The SMILES string of the molecule is C#C[C@@]1(N=O)C(O)[C@@H](CO)O[C@H]1n1cnc2c(=S)nc(N)[nH]c21. The molecule has 0 aromatic carbocycles. The smallest absolute Gasteiger partial charge is 0.235 e. The van der Waals surface area contributed by atoms with Crippen molar-refractivity contribution in [2.24, 2.45) is 5.18 Å². The molecule has 0 amide bonds. The third kappa shape index (κ3) is 2.04. The minimum atomic E-state index is -1.94. The molecule has 4 atom stereocenters. The van der Waals surface area contributed by atoms with Crippen LogP contribution < -0.4 is 5.73 Å². The van der Waals surface area contributed by atoms with Crippen LogP contribution in [-0.4, -0.2) is 54.1 Å². The number of terminal acetylenes is 1. The van der Waals surface area contributed by atoms with Gasteiger partial charge < -0.3 is 25.7 Å². The van der Waals surface area contributed by atoms with Crippen LogP contribution in [-0.2, 0) is 4.74 Å². The van der Waals surface area contributed by atoms with E-state index >= 15 is 0 Å². The second kappa shape index (κ2) is 5.36. The number of nitrogens with zero attached hydrogens (tertiary/aromatic N) is 4. The number of aliphatic hydroxyl groups excluding tert-OH is 2. The van der Waals surface area contributed by atoms with Gasteiger partial charge in [0.15, 0.2) is 16.8 Å². The lowest BCUT2D eigenvalue weighted by Gasteiger charge is -2.24. The molecule has 3 rings (SSSR count). The van der Waals surface area contributed by atoms with Gasteiger partial charge in [-0.1, -0.05) is 18.1 Å². The number of H-pyrrole nitrogens is 1. The maximum absolute atomic E-state index is 11.4. The Morgan fingerprint density at radius 1 is 1.70 bits per heavy atom. The van der Waals surface area contributed by atoms with Crippen LogP contribution in [0.15, 0.2) is 11.5 Å². The Labute approximate surface area is 134 Å². The Morgan fingerprint density at radius 3 is 3.04 bits per heavy atom. The molecule has 1 fully saturated rings. The molecule has 1 aliphatic heterocycles. The fourth-order valence-corrected chi connectivity index (χ4v) is 2.85. The minimum absolute atomic E-state index is 0.0341. The van der Waals surface area contributed by atoms with Crippen molar-refractivity contribution >= 4 is 29.3 Å². The Bertz CT molecular complexity index is 873. The van der Waals surface area contributed by atoms with E-state index in [4.69, 9.17) is 29.1 Å². The quantitative estimate of drug-likeness (QED) is 0.331. The summed E-state index contributed by atoms with van der Waals surface area (Å²) in [6, 6.07) is 0. The zero-order valence-electron chi connectivity index (χ0n) is 11.6. The molecule has 0 bridgehead atoms. The second-order valence-corrected chi connectivity index (χ2v) is 5.38. The average molecular weight is 336 g/mol. The summed E-state index contributed by atoms with van der Waals surface area (Å²) in [4.78, 5) is 22.1. The van der Waals surface area contributed by atoms with Gasteiger partial charge in [0, 0.05) is 0 Å². The Balaban J connectivity index is 2.23. The van der Waals surface area contributed by atoms with E-state index in [1.807, 2.05) is 0 Å². The molecule has 1 saturated heterocycles. The number of aliphatic hydroxyl groups is 2. The van der Waals surface area contributed by atoms with Crippen molar-refractivity contribution in [2.75, 3.05) is 12.3 Å². The molecule has 23 heavy (non-hydrogen) atoms. The lowest BCUT2D eigenvalue weighted by molar-refractivity contribution is -0.0446. The molecule has 0 spiro atoms. The summed E-state index contributed by atoms with van der Waals surface area (Å²) >= 11 is 5.07. The van der Waals surface area contributed by atoms with Crippen molar-refractivity contribution in [1.82, 2.24) is 19.5 Å². The number of nitroso groups, excluding NO2 is 1. The number of hydrogen-bond donors (Lipinski definition) is 4. The zero-order chi connectivity index (χ0) is 16.8. The van der Waals surface area contributed by atoms with Gasteiger partial charge in [-0.25, -0.2) is 9.97 Å². The van der Waals surface area contributed by atoms with Crippen LogP contribution in [0.5, 0.6) is 0 Å². The molecule has 5 N–H and O–H groups in total. The fraction of sp³-hybridized carbons (Fsp3) is 0.417. The van der Waals surface area contributed by atoms with Crippen molar-refractivity contribution < 1.29 is 14.9 Å². The lowest BCUT2D eigenvalue weighted by atomic mass is 9.92. The third-order valence-electron chi connectivity index (χ3n) is 3.76. The monoisotopic (exact) mass is 336 g/mol. The van der Waals surface area contributed by atoms with E-state index in [1.54, 1.807) is 0 Å². The topological polar surface area (TPSA) is 152 Å². The molecular weight excluding hydrogens is 324 g/mol. The number of aromatic amines is 1. The van der Waals surface area contributed by atoms with Gasteiger partial charge in [0.25, 0.3) is 0 Å². The van der Waals surface area contributed by atoms with Gasteiger partial charge in [0.05, 0.1) is 12.9 Å². The molecule has 1 unspecified atom stereocenters. The number of hydrogen-bond acceptors (Lipinski definition) is 9. The standard InChI is InChI=1S/C12H12N6O4S/c1-2-12(17-21)7(20)5(3-19)22-10(12)18-4-14-6-8(18)15-11(13)16-9(6)23/h1,4-5,7,10,19-20H,3H2,(H3,13,15,16,23)/t5-,7?,10-,12-/m1/s1. The van der Waals surface area contributed by atoms with Crippen LogP contribution in [0, 0.1) is 21.9 Å². The molecule has 120 valence electrons. The van der Waals surface area contributed by atoms with Crippen LogP contribution in [0.3, 0.4) is 0 Å². The Hall–Kier alpha value is -2.39. The van der Waals surface area contributed by atoms with Gasteiger partial charge in [0.2, 0.25) is 5.54 Å². The van der Waals surface area contributed by atoms with Crippen molar-refractivity contribution in [3.8, 4) is 12.3 Å². The van der Waals surface area contributed by atoms with Crippen LogP contribution >= 0.6 is 12.2 Å². The molecular formula is C12H12N6O4S. The van der Waals surface area contributed by atoms with Gasteiger partial charge in [-0.05, 0) is 5.18 Å². The van der Waals surface area contributed by atoms with E-state index in [0.717, 1.165) is 0 Å². The van der Waals surface area contributed by atoms with Crippen molar-refractivity contribution in [1.29, 1.82) is 0 Å². The highest BCUT2D eigenvalue weighted by Crippen LogP contribution is 2.42. The molecule has 0 aliphatic carbocycles. The van der Waals surface area contributed by atoms with E-state index in [1.165, 1.54) is 10.9 Å². The third-order valence-corrected chi connectivity index (χ3v) is 4.05. The van der Waals surface area contributed by atoms with E-state index in [-0.39, 0.29) is 10.6 Å². The van der Waals surface area contributed by atoms with E-state index in [2.05, 4.69) is 26.0 Å². The van der Waals surface area contributed by atoms with Crippen LogP contribution in [0.4, 0.5) is 5.95 Å². The first-order chi connectivity index (χ1) is 11.0. The molecule has 2 aromatic heterocycles. The summed E-state index contributed by atoms with van der Waals surface area (Å²) in [5.74, 6) is 2.21. The molecule has 0 radical (unpaired) electrons. The molecule has 10 nitrogen and oxygen atoms in total. The van der Waals surface area contributed by atoms with Gasteiger partial charge in [-0.2, -0.15) is 0 Å². The van der Waals surface area contributed by atoms with Gasteiger partial charge in [-0.3, -0.25) is 4.57 Å². The van der Waals surface area contributed by atoms with Gasteiger partial charge >= 0.3 is 0 Å². The average Bonchev–Trinajstić information content (AvgIpc) is 3.06. The number of aromatic nitrogens is 4. The largest absolute Gasteiger partial charge is 0.394 e. The first-order valence-corrected chi connectivity index (χ1v) is 6.88. The molecule has 0 saturated carbocycles. The first-order valence-electron chi connectivity index (χ1n) is 6.47. The van der Waals surface area contributed by atoms with Crippen molar-refractivity contribution in [2.45, 2.75) is 24.0 Å². The van der Waals surface area contributed by atoms with Gasteiger partial charge in [-0.15, -0.1) is 11.3 Å². The lowest BCUT2D eigenvalue weighted by Crippen LogP contribution is -2.44. The number of imidazole rings is 1. The molecule has 3 heterocycles. The van der Waals surface area contributed by atoms with E-state index < -0.39 is 30.6 Å². The highest BCUT2D eigenvalue weighted by Gasteiger charge is 2.58. The number of anilines is 1. The second-order valence-electron chi connectivity index (χ2n) is 4.99. The molecule has 2 aromatic rings. The molecule has 11 heteroatoms. The number of nitrogens with one attached hydrogen (secondary N) is 1. The van der Waals surface area contributed by atoms with E-state index in [9.17, 15) is 15.1 Å². The Kier molecular flexibility index (Phi) is 3.61.